The summed E-state index contributed by atoms with van der Waals surface area (Å²) in [5.41, 5.74) is 2.16. The van der Waals surface area contributed by atoms with Gasteiger partial charge in [-0.25, -0.2) is 4.79 Å². The standard InChI is InChI=1S/C32H30F3NO5S.Li/c1-19-8-4-5-9-21(19)24-18-20(12-13-22(24)30(37)36-26(31(38)39)16-17-42-3)29(40-2)28-15-14-27(41-28)23-10-6-7-11-25(23)32(33,34)35;/h4-15,18,26,29H,16-17H2,1-3H3,(H,36,37)(H,38,39);/q;+1. The van der Waals surface area contributed by atoms with Crippen molar-refractivity contribution >= 4 is 23.6 Å². The maximum atomic E-state index is 13.6. The normalized spacial score (nSPS) is 12.7. The molecule has 0 radical (unpaired) electrons. The zero-order chi connectivity index (χ0) is 30.4. The number of furan rings is 1. The van der Waals surface area contributed by atoms with E-state index in [1.165, 1.54) is 43.1 Å². The van der Waals surface area contributed by atoms with Crippen molar-refractivity contribution in [2.75, 3.05) is 19.1 Å². The number of carboxylic acids is 1. The Labute approximate surface area is 264 Å². The van der Waals surface area contributed by atoms with Crippen LogP contribution >= 0.6 is 11.8 Å². The number of nitrogens with one attached hydrogen (secondary N) is 1. The number of methoxy groups -OCH3 is 1. The van der Waals surface area contributed by atoms with Gasteiger partial charge in [0.15, 0.2) is 0 Å². The van der Waals surface area contributed by atoms with Gasteiger partial charge in [0.25, 0.3) is 5.91 Å². The SMILES string of the molecule is COC(c1ccc(C(=O)NC(CCSC)C(=O)O)c(-c2ccccc2C)c1)c1ccc(-c2ccccc2C(F)(F)F)o1.[Li+]. The second kappa shape index (κ2) is 14.8. The molecule has 0 aliphatic carbocycles. The number of carbonyl (C=O) groups is 2. The molecule has 220 valence electrons. The number of rotatable bonds is 11. The van der Waals surface area contributed by atoms with Gasteiger partial charge in [-0.15, -0.1) is 0 Å². The van der Waals surface area contributed by atoms with Crippen molar-refractivity contribution in [3.8, 4) is 22.5 Å². The van der Waals surface area contributed by atoms with Crippen molar-refractivity contribution in [2.45, 2.75) is 31.7 Å². The quantitative estimate of drug-likeness (QED) is 0.243. The zero-order valence-corrected chi connectivity index (χ0v) is 25.0. The Hall–Kier alpha value is -3.42. The van der Waals surface area contributed by atoms with Gasteiger partial charge in [0.2, 0.25) is 0 Å². The minimum atomic E-state index is -4.56. The molecule has 0 fully saturated rings. The van der Waals surface area contributed by atoms with E-state index in [1.54, 1.807) is 24.3 Å². The zero-order valence-electron chi connectivity index (χ0n) is 24.2. The van der Waals surface area contributed by atoms with Crippen LogP contribution in [0.25, 0.3) is 22.5 Å². The Morgan fingerprint density at radius 2 is 1.65 bits per heavy atom. The van der Waals surface area contributed by atoms with Crippen LogP contribution in [0.3, 0.4) is 0 Å². The number of amides is 1. The van der Waals surface area contributed by atoms with E-state index < -0.39 is 35.8 Å². The number of hydrogen-bond acceptors (Lipinski definition) is 5. The van der Waals surface area contributed by atoms with E-state index in [2.05, 4.69) is 5.32 Å². The van der Waals surface area contributed by atoms with Crippen molar-refractivity contribution in [3.63, 3.8) is 0 Å². The molecule has 1 aromatic heterocycles. The largest absolute Gasteiger partial charge is 1.00 e. The molecule has 4 aromatic rings. The summed E-state index contributed by atoms with van der Waals surface area (Å²) in [4.78, 5) is 25.2. The Bertz CT molecular complexity index is 1570. The van der Waals surface area contributed by atoms with Crippen LogP contribution in [0.5, 0.6) is 0 Å². The van der Waals surface area contributed by atoms with Crippen LogP contribution in [-0.4, -0.2) is 42.1 Å². The van der Waals surface area contributed by atoms with Crippen LogP contribution in [0.2, 0.25) is 0 Å². The smallest absolute Gasteiger partial charge is 0.480 e. The summed E-state index contributed by atoms with van der Waals surface area (Å²) in [6.07, 6.45) is -3.23. The van der Waals surface area contributed by atoms with Gasteiger partial charge in [-0.05, 0) is 77.9 Å². The van der Waals surface area contributed by atoms with Crippen molar-refractivity contribution in [1.82, 2.24) is 5.32 Å². The van der Waals surface area contributed by atoms with Gasteiger partial charge in [-0.2, -0.15) is 24.9 Å². The number of ether oxygens (including phenoxy) is 1. The predicted octanol–water partition coefficient (Wildman–Crippen LogP) is 4.62. The van der Waals surface area contributed by atoms with Crippen molar-refractivity contribution in [2.24, 2.45) is 0 Å². The van der Waals surface area contributed by atoms with E-state index in [4.69, 9.17) is 9.15 Å². The average Bonchev–Trinajstić information content (AvgIpc) is 3.45. The summed E-state index contributed by atoms with van der Waals surface area (Å²) >= 11 is 1.49. The van der Waals surface area contributed by atoms with Gasteiger partial charge in [-0.1, -0.05) is 48.5 Å². The number of hydrogen-bond donors (Lipinski definition) is 2. The van der Waals surface area contributed by atoms with Crippen molar-refractivity contribution in [1.29, 1.82) is 0 Å². The first-order valence-electron chi connectivity index (χ1n) is 13.1. The van der Waals surface area contributed by atoms with Gasteiger partial charge in [-0.3, -0.25) is 4.79 Å². The molecule has 0 spiro atoms. The molecule has 2 unspecified atom stereocenters. The predicted molar refractivity (Wildman–Crippen MR) is 157 cm³/mol. The molecule has 0 saturated carbocycles. The first kappa shape index (κ1) is 34.1. The molecule has 3 aromatic carbocycles. The number of carboxylic acid groups (broad SMARTS) is 1. The van der Waals surface area contributed by atoms with Crippen LogP contribution in [0, 0.1) is 6.92 Å². The molecule has 11 heteroatoms. The van der Waals surface area contributed by atoms with Gasteiger partial charge < -0.3 is 19.6 Å². The molecule has 43 heavy (non-hydrogen) atoms. The fraction of sp³-hybridized carbons (Fsp3) is 0.250. The third kappa shape index (κ3) is 7.95. The van der Waals surface area contributed by atoms with Gasteiger partial charge in [0, 0.05) is 18.2 Å². The van der Waals surface area contributed by atoms with Crippen LogP contribution in [0.15, 0.2) is 83.3 Å². The number of thioether (sulfide) groups is 1. The Kier molecular flexibility index (Phi) is 11.8. The van der Waals surface area contributed by atoms with E-state index in [-0.39, 0.29) is 47.9 Å². The molecule has 1 amide bonds. The monoisotopic (exact) mass is 604 g/mol. The molecule has 2 atom stereocenters. The molecule has 0 aliphatic rings. The van der Waals surface area contributed by atoms with Gasteiger partial charge in [0.1, 0.15) is 23.7 Å². The number of aliphatic carboxylic acids is 1. The van der Waals surface area contributed by atoms with Crippen molar-refractivity contribution < 1.29 is 55.9 Å². The summed E-state index contributed by atoms with van der Waals surface area (Å²) < 4.78 is 52.5. The van der Waals surface area contributed by atoms with Gasteiger partial charge in [0.05, 0.1) is 5.56 Å². The molecular weight excluding hydrogens is 574 g/mol. The summed E-state index contributed by atoms with van der Waals surface area (Å²) in [5.74, 6) is -0.770. The molecule has 0 saturated heterocycles. The molecule has 2 N–H and O–H groups in total. The van der Waals surface area contributed by atoms with Crippen molar-refractivity contribution in [3.05, 3.63) is 107 Å². The number of aryl methyl sites for hydroxylation is 1. The minimum absolute atomic E-state index is 0. The van der Waals surface area contributed by atoms with Crippen LogP contribution in [-0.2, 0) is 15.7 Å². The molecule has 0 bridgehead atoms. The van der Waals surface area contributed by atoms with E-state index in [0.29, 0.717) is 16.9 Å². The Balaban J connectivity index is 0.00000506. The third-order valence-electron chi connectivity index (χ3n) is 6.86. The first-order chi connectivity index (χ1) is 20.0. The second-order valence-electron chi connectivity index (χ2n) is 9.63. The number of carbonyl (C=O) groups excluding carboxylic acids is 1. The van der Waals surface area contributed by atoms with E-state index in [9.17, 15) is 27.9 Å². The summed E-state index contributed by atoms with van der Waals surface area (Å²) in [6.45, 7) is 1.90. The van der Waals surface area contributed by atoms with E-state index in [0.717, 1.165) is 17.2 Å². The summed E-state index contributed by atoms with van der Waals surface area (Å²) in [6, 6.07) is 19.6. The number of benzene rings is 3. The minimum Gasteiger partial charge on any atom is -0.480 e. The average molecular weight is 605 g/mol. The van der Waals surface area contributed by atoms with Gasteiger partial charge >= 0.3 is 31.0 Å². The molecule has 0 aliphatic heterocycles. The topological polar surface area (TPSA) is 88.8 Å². The maximum absolute atomic E-state index is 13.6. The third-order valence-corrected chi connectivity index (χ3v) is 7.50. The Morgan fingerprint density at radius 1 is 0.977 bits per heavy atom. The maximum Gasteiger partial charge on any atom is 1.00 e. The Morgan fingerprint density at radius 3 is 2.28 bits per heavy atom. The van der Waals surface area contributed by atoms with E-state index >= 15 is 0 Å². The molecule has 1 heterocycles. The molecule has 4 rings (SSSR count). The van der Waals surface area contributed by atoms with E-state index in [1.807, 2.05) is 37.4 Å². The molecule has 6 nitrogen and oxygen atoms in total. The van der Waals surface area contributed by atoms with Crippen LogP contribution in [0.4, 0.5) is 13.2 Å². The fourth-order valence-corrected chi connectivity index (χ4v) is 5.22. The fourth-order valence-electron chi connectivity index (χ4n) is 4.75. The summed E-state index contributed by atoms with van der Waals surface area (Å²) in [7, 11) is 1.45. The molecular formula is C32H30F3LiNO5S+. The van der Waals surface area contributed by atoms with Crippen LogP contribution in [0.1, 0.15) is 45.3 Å². The van der Waals surface area contributed by atoms with Crippen LogP contribution < -0.4 is 24.2 Å². The second-order valence-corrected chi connectivity index (χ2v) is 10.6. The number of alkyl halides is 3. The number of halogens is 3. The first-order valence-corrected chi connectivity index (χ1v) is 14.5. The summed E-state index contributed by atoms with van der Waals surface area (Å²) in [5, 5.41) is 12.3.